The monoisotopic (exact) mass is 203 g/mol. The number of nitrogens with zero attached hydrogens (tertiary/aromatic N) is 2. The van der Waals surface area contributed by atoms with E-state index in [0.29, 0.717) is 5.82 Å². The van der Waals surface area contributed by atoms with E-state index in [0.717, 1.165) is 17.7 Å². The molecule has 0 fully saturated rings. The highest BCUT2D eigenvalue weighted by molar-refractivity contribution is 5.24. The van der Waals surface area contributed by atoms with Crippen LogP contribution in [0.2, 0.25) is 0 Å². The number of aryl methyl sites for hydroxylation is 2. The van der Waals surface area contributed by atoms with E-state index in [2.05, 4.69) is 10.1 Å². The Bertz CT molecular complexity index is 525. The van der Waals surface area contributed by atoms with Crippen molar-refractivity contribution in [1.29, 1.82) is 0 Å². The first-order valence-corrected chi connectivity index (χ1v) is 4.95. The van der Waals surface area contributed by atoms with Crippen LogP contribution < -0.4 is 5.56 Å². The van der Waals surface area contributed by atoms with Gasteiger partial charge in [-0.2, -0.15) is 0 Å². The molecule has 15 heavy (non-hydrogen) atoms. The number of rotatable bonds is 2. The SMILES string of the molecule is CCc1c[nH]n(-c2cccc(C)n2)c1=O. The standard InChI is InChI=1S/C11H13N3O/c1-3-9-7-12-14(11(9)15)10-6-4-5-8(2)13-10/h4-7,12H,3H2,1-2H3. The molecule has 0 atom stereocenters. The van der Waals surface area contributed by atoms with Crippen LogP contribution >= 0.6 is 0 Å². The second-order valence-electron chi connectivity index (χ2n) is 3.43. The maximum absolute atomic E-state index is 11.8. The summed E-state index contributed by atoms with van der Waals surface area (Å²) in [5.74, 6) is 0.639. The van der Waals surface area contributed by atoms with Crippen molar-refractivity contribution < 1.29 is 0 Å². The zero-order valence-corrected chi connectivity index (χ0v) is 8.82. The number of aromatic nitrogens is 3. The Morgan fingerprint density at radius 1 is 1.47 bits per heavy atom. The van der Waals surface area contributed by atoms with E-state index < -0.39 is 0 Å². The molecule has 2 heterocycles. The van der Waals surface area contributed by atoms with Crippen molar-refractivity contribution in [2.45, 2.75) is 20.3 Å². The molecule has 0 radical (unpaired) electrons. The molecule has 2 aromatic rings. The number of H-pyrrole nitrogens is 1. The minimum atomic E-state index is -0.0180. The topological polar surface area (TPSA) is 50.7 Å². The van der Waals surface area contributed by atoms with Gasteiger partial charge in [-0.05, 0) is 25.5 Å². The predicted octanol–water partition coefficient (Wildman–Crippen LogP) is 1.43. The molecule has 0 amide bonds. The number of aromatic amines is 1. The van der Waals surface area contributed by atoms with Crippen molar-refractivity contribution in [1.82, 2.24) is 14.8 Å². The summed E-state index contributed by atoms with van der Waals surface area (Å²) in [4.78, 5) is 16.1. The average molecular weight is 203 g/mol. The van der Waals surface area contributed by atoms with E-state index in [1.165, 1.54) is 4.68 Å². The van der Waals surface area contributed by atoms with Crippen LogP contribution in [-0.4, -0.2) is 14.8 Å². The van der Waals surface area contributed by atoms with Crippen molar-refractivity contribution >= 4 is 0 Å². The van der Waals surface area contributed by atoms with Crippen LogP contribution in [0.3, 0.4) is 0 Å². The summed E-state index contributed by atoms with van der Waals surface area (Å²) < 4.78 is 1.46. The Morgan fingerprint density at radius 3 is 2.87 bits per heavy atom. The van der Waals surface area contributed by atoms with Crippen LogP contribution in [0, 0.1) is 6.92 Å². The summed E-state index contributed by atoms with van der Waals surface area (Å²) in [6.45, 7) is 3.86. The molecule has 2 aromatic heterocycles. The molecule has 0 aliphatic carbocycles. The molecule has 0 saturated carbocycles. The zero-order chi connectivity index (χ0) is 10.8. The molecule has 0 saturated heterocycles. The number of pyridine rings is 1. The Kier molecular flexibility index (Phi) is 2.41. The van der Waals surface area contributed by atoms with E-state index in [4.69, 9.17) is 0 Å². The Balaban J connectivity index is 2.55. The van der Waals surface area contributed by atoms with Gasteiger partial charge in [-0.25, -0.2) is 9.67 Å². The normalized spacial score (nSPS) is 10.5. The Labute approximate surface area is 87.6 Å². The van der Waals surface area contributed by atoms with Gasteiger partial charge in [0.05, 0.1) is 0 Å². The van der Waals surface area contributed by atoms with Gasteiger partial charge in [0.15, 0.2) is 5.82 Å². The molecule has 1 N–H and O–H groups in total. The van der Waals surface area contributed by atoms with Gasteiger partial charge in [0.25, 0.3) is 5.56 Å². The third-order valence-corrected chi connectivity index (χ3v) is 2.33. The highest BCUT2D eigenvalue weighted by Crippen LogP contribution is 2.02. The lowest BCUT2D eigenvalue weighted by molar-refractivity contribution is 0.811. The summed E-state index contributed by atoms with van der Waals surface area (Å²) in [6.07, 6.45) is 2.46. The third kappa shape index (κ3) is 1.70. The second kappa shape index (κ2) is 3.73. The highest BCUT2D eigenvalue weighted by Gasteiger charge is 2.06. The first-order chi connectivity index (χ1) is 7.22. The molecule has 0 aliphatic rings. The molecule has 0 aliphatic heterocycles. The lowest BCUT2D eigenvalue weighted by Crippen LogP contribution is -2.18. The van der Waals surface area contributed by atoms with E-state index in [1.54, 1.807) is 6.20 Å². The minimum absolute atomic E-state index is 0.0180. The third-order valence-electron chi connectivity index (χ3n) is 2.33. The van der Waals surface area contributed by atoms with Crippen LogP contribution in [-0.2, 0) is 6.42 Å². The zero-order valence-electron chi connectivity index (χ0n) is 8.82. The van der Waals surface area contributed by atoms with Gasteiger partial charge in [0.2, 0.25) is 0 Å². The van der Waals surface area contributed by atoms with Crippen molar-refractivity contribution in [3.05, 3.63) is 46.0 Å². The van der Waals surface area contributed by atoms with Crippen LogP contribution in [0.15, 0.2) is 29.2 Å². The quantitative estimate of drug-likeness (QED) is 0.802. The minimum Gasteiger partial charge on any atom is -0.297 e. The fraction of sp³-hybridized carbons (Fsp3) is 0.273. The van der Waals surface area contributed by atoms with Gasteiger partial charge in [0, 0.05) is 17.5 Å². The largest absolute Gasteiger partial charge is 0.297 e. The van der Waals surface area contributed by atoms with E-state index in [-0.39, 0.29) is 5.56 Å². The molecule has 0 aromatic carbocycles. The number of hydrogen-bond donors (Lipinski definition) is 1. The van der Waals surface area contributed by atoms with Gasteiger partial charge in [-0.1, -0.05) is 13.0 Å². The first kappa shape index (κ1) is 9.71. The van der Waals surface area contributed by atoms with Gasteiger partial charge < -0.3 is 0 Å². The van der Waals surface area contributed by atoms with Crippen molar-refractivity contribution in [2.24, 2.45) is 0 Å². The average Bonchev–Trinajstić information content (AvgIpc) is 2.59. The molecule has 4 heteroatoms. The molecule has 2 rings (SSSR count). The van der Waals surface area contributed by atoms with Crippen LogP contribution in [0.5, 0.6) is 0 Å². The summed E-state index contributed by atoms with van der Waals surface area (Å²) >= 11 is 0. The van der Waals surface area contributed by atoms with Crippen molar-refractivity contribution in [3.63, 3.8) is 0 Å². The lowest BCUT2D eigenvalue weighted by atomic mass is 10.3. The van der Waals surface area contributed by atoms with Crippen molar-refractivity contribution in [3.8, 4) is 5.82 Å². The highest BCUT2D eigenvalue weighted by atomic mass is 16.1. The van der Waals surface area contributed by atoms with Crippen LogP contribution in [0.4, 0.5) is 0 Å². The van der Waals surface area contributed by atoms with Gasteiger partial charge >= 0.3 is 0 Å². The van der Waals surface area contributed by atoms with Crippen LogP contribution in [0.25, 0.3) is 5.82 Å². The molecule has 78 valence electrons. The first-order valence-electron chi connectivity index (χ1n) is 4.95. The Morgan fingerprint density at radius 2 is 2.27 bits per heavy atom. The van der Waals surface area contributed by atoms with E-state index >= 15 is 0 Å². The molecule has 0 spiro atoms. The van der Waals surface area contributed by atoms with E-state index in [9.17, 15) is 4.79 Å². The van der Waals surface area contributed by atoms with Gasteiger partial charge in [-0.15, -0.1) is 0 Å². The van der Waals surface area contributed by atoms with Crippen molar-refractivity contribution in [2.75, 3.05) is 0 Å². The number of nitrogens with one attached hydrogen (secondary N) is 1. The molecule has 0 unspecified atom stereocenters. The maximum atomic E-state index is 11.8. The molecule has 0 bridgehead atoms. The lowest BCUT2D eigenvalue weighted by Gasteiger charge is -2.00. The summed E-state index contributed by atoms with van der Waals surface area (Å²) in [5, 5.41) is 2.91. The predicted molar refractivity (Wildman–Crippen MR) is 58.3 cm³/mol. The molecular weight excluding hydrogens is 190 g/mol. The maximum Gasteiger partial charge on any atom is 0.275 e. The van der Waals surface area contributed by atoms with Crippen LogP contribution in [0.1, 0.15) is 18.2 Å². The summed E-state index contributed by atoms with van der Waals surface area (Å²) in [6, 6.07) is 5.60. The smallest absolute Gasteiger partial charge is 0.275 e. The van der Waals surface area contributed by atoms with E-state index in [1.807, 2.05) is 32.0 Å². The Hall–Kier alpha value is -1.84. The molecule has 4 nitrogen and oxygen atoms in total. The summed E-state index contributed by atoms with van der Waals surface area (Å²) in [5.41, 5.74) is 1.65. The fourth-order valence-electron chi connectivity index (χ4n) is 1.48. The number of hydrogen-bond acceptors (Lipinski definition) is 2. The summed E-state index contributed by atoms with van der Waals surface area (Å²) in [7, 11) is 0. The fourth-order valence-corrected chi connectivity index (χ4v) is 1.48. The van der Waals surface area contributed by atoms with Gasteiger partial charge in [0.1, 0.15) is 0 Å². The second-order valence-corrected chi connectivity index (χ2v) is 3.43. The van der Waals surface area contributed by atoms with Gasteiger partial charge in [-0.3, -0.25) is 9.89 Å². The molecular formula is C11H13N3O.